The zero-order valence-corrected chi connectivity index (χ0v) is 18.4. The number of aromatic nitrogens is 3. The number of amides is 1. The lowest BCUT2D eigenvalue weighted by Gasteiger charge is -2.20. The van der Waals surface area contributed by atoms with Gasteiger partial charge in [-0.2, -0.15) is 0 Å². The Morgan fingerprint density at radius 3 is 2.33 bits per heavy atom. The minimum atomic E-state index is -0.401. The topological polar surface area (TPSA) is 51.0 Å². The van der Waals surface area contributed by atoms with Crippen molar-refractivity contribution in [2.24, 2.45) is 0 Å². The van der Waals surface area contributed by atoms with Gasteiger partial charge in [-0.3, -0.25) is 9.36 Å². The summed E-state index contributed by atoms with van der Waals surface area (Å²) in [5, 5.41) is 11.4. The Labute approximate surface area is 184 Å². The molecular weight excluding hydrogens is 412 g/mol. The van der Waals surface area contributed by atoms with Gasteiger partial charge in [0.15, 0.2) is 5.16 Å². The third-order valence-electron chi connectivity index (χ3n) is 4.62. The van der Waals surface area contributed by atoms with Crippen LogP contribution in [0.4, 0.5) is 0 Å². The predicted molar refractivity (Wildman–Crippen MR) is 122 cm³/mol. The maximum atomic E-state index is 13.0. The molecule has 0 aliphatic carbocycles. The average molecular weight is 435 g/mol. The molecular formula is C23H22N4OS2. The first-order valence-electron chi connectivity index (χ1n) is 9.58. The van der Waals surface area contributed by atoms with Crippen molar-refractivity contribution < 1.29 is 4.79 Å². The number of thioether (sulfide) groups is 1. The maximum Gasteiger partial charge on any atom is 0.240 e. The molecule has 0 radical (unpaired) electrons. The lowest BCUT2D eigenvalue weighted by molar-refractivity contribution is -0.128. The fourth-order valence-corrected chi connectivity index (χ4v) is 5.05. The van der Waals surface area contributed by atoms with Crippen LogP contribution in [-0.4, -0.2) is 39.7 Å². The lowest BCUT2D eigenvalue weighted by atomic mass is 10.1. The van der Waals surface area contributed by atoms with Crippen LogP contribution in [0.2, 0.25) is 0 Å². The highest BCUT2D eigenvalue weighted by Gasteiger charge is 2.27. The van der Waals surface area contributed by atoms with E-state index in [4.69, 9.17) is 0 Å². The Balaban J connectivity index is 1.75. The highest BCUT2D eigenvalue weighted by molar-refractivity contribution is 8.00. The van der Waals surface area contributed by atoms with Gasteiger partial charge in [0.1, 0.15) is 11.1 Å². The summed E-state index contributed by atoms with van der Waals surface area (Å²) in [4.78, 5) is 15.9. The summed E-state index contributed by atoms with van der Waals surface area (Å²) in [5.41, 5.74) is 1.93. The summed E-state index contributed by atoms with van der Waals surface area (Å²) in [5.74, 6) is 0.879. The van der Waals surface area contributed by atoms with E-state index in [1.54, 1.807) is 30.3 Å². The fraction of sp³-hybridized carbons (Fsp3) is 0.174. The monoisotopic (exact) mass is 434 g/mol. The van der Waals surface area contributed by atoms with Crippen LogP contribution >= 0.6 is 23.1 Å². The molecule has 30 heavy (non-hydrogen) atoms. The van der Waals surface area contributed by atoms with Crippen LogP contribution in [-0.2, 0) is 11.2 Å². The number of carbonyl (C=O) groups excluding carboxylic acids is 1. The molecule has 152 valence electrons. The largest absolute Gasteiger partial charge is 0.348 e. The number of rotatable bonds is 7. The van der Waals surface area contributed by atoms with Crippen LogP contribution in [0.1, 0.15) is 21.5 Å². The molecule has 0 N–H and O–H groups in total. The quantitative estimate of drug-likeness (QED) is 0.391. The van der Waals surface area contributed by atoms with Gasteiger partial charge in [-0.25, -0.2) is 0 Å². The fourth-order valence-electron chi connectivity index (χ4n) is 3.13. The summed E-state index contributed by atoms with van der Waals surface area (Å²) in [6.45, 7) is 0. The van der Waals surface area contributed by atoms with Crippen molar-refractivity contribution in [2.75, 3.05) is 14.1 Å². The number of hydrogen-bond donors (Lipinski definition) is 0. The highest BCUT2D eigenvalue weighted by atomic mass is 32.2. The molecule has 0 saturated carbocycles. The van der Waals surface area contributed by atoms with Gasteiger partial charge in [-0.15, -0.1) is 21.5 Å². The van der Waals surface area contributed by atoms with E-state index in [9.17, 15) is 4.79 Å². The normalized spacial score (nSPS) is 11.9. The molecule has 0 aliphatic heterocycles. The first-order valence-corrected chi connectivity index (χ1v) is 11.3. The van der Waals surface area contributed by atoms with Gasteiger partial charge in [-0.1, -0.05) is 66.4 Å². The van der Waals surface area contributed by atoms with Gasteiger partial charge in [0.2, 0.25) is 5.91 Å². The van der Waals surface area contributed by atoms with Crippen molar-refractivity contribution in [3.63, 3.8) is 0 Å². The number of carbonyl (C=O) groups is 1. The average Bonchev–Trinajstić information content (AvgIpc) is 3.43. The summed E-state index contributed by atoms with van der Waals surface area (Å²) >= 11 is 3.14. The number of nitrogens with zero attached hydrogens (tertiary/aromatic N) is 4. The molecule has 1 atom stereocenters. The van der Waals surface area contributed by atoms with Crippen LogP contribution in [0.5, 0.6) is 0 Å². The molecule has 5 nitrogen and oxygen atoms in total. The lowest BCUT2D eigenvalue weighted by Crippen LogP contribution is -2.27. The molecule has 0 bridgehead atoms. The Kier molecular flexibility index (Phi) is 6.30. The first-order chi connectivity index (χ1) is 14.6. The Bertz CT molecular complexity index is 1090. The van der Waals surface area contributed by atoms with Gasteiger partial charge in [0.25, 0.3) is 0 Å². The van der Waals surface area contributed by atoms with Crippen molar-refractivity contribution in [3.05, 3.63) is 94.4 Å². The van der Waals surface area contributed by atoms with E-state index in [2.05, 4.69) is 26.2 Å². The van der Waals surface area contributed by atoms with Crippen molar-refractivity contribution >= 4 is 29.0 Å². The van der Waals surface area contributed by atoms with Gasteiger partial charge >= 0.3 is 0 Å². The second kappa shape index (κ2) is 9.28. The van der Waals surface area contributed by atoms with E-state index >= 15 is 0 Å². The van der Waals surface area contributed by atoms with E-state index in [0.29, 0.717) is 11.6 Å². The van der Waals surface area contributed by atoms with Crippen LogP contribution < -0.4 is 0 Å². The molecule has 0 unspecified atom stereocenters. The molecule has 7 heteroatoms. The van der Waals surface area contributed by atoms with Crippen LogP contribution in [0.25, 0.3) is 5.69 Å². The molecule has 0 saturated heterocycles. The summed E-state index contributed by atoms with van der Waals surface area (Å²) in [7, 11) is 3.56. The highest BCUT2D eigenvalue weighted by Crippen LogP contribution is 2.37. The molecule has 4 aromatic rings. The van der Waals surface area contributed by atoms with Gasteiger partial charge in [0.05, 0.1) is 0 Å². The minimum absolute atomic E-state index is 0.0219. The molecule has 2 aromatic carbocycles. The number of likely N-dealkylation sites (N-methyl/N-ethyl adjacent to an activating group) is 1. The molecule has 1 amide bonds. The Hall–Kier alpha value is -2.90. The van der Waals surface area contributed by atoms with E-state index in [1.165, 1.54) is 16.6 Å². The van der Waals surface area contributed by atoms with E-state index < -0.39 is 5.25 Å². The maximum absolute atomic E-state index is 13.0. The molecule has 0 spiro atoms. The smallest absolute Gasteiger partial charge is 0.240 e. The number of benzene rings is 2. The summed E-state index contributed by atoms with van der Waals surface area (Å²) < 4.78 is 2.06. The van der Waals surface area contributed by atoms with Crippen LogP contribution in [0.3, 0.4) is 0 Å². The van der Waals surface area contributed by atoms with E-state index in [-0.39, 0.29) is 5.91 Å². The van der Waals surface area contributed by atoms with Crippen molar-refractivity contribution in [1.29, 1.82) is 0 Å². The van der Waals surface area contributed by atoms with E-state index in [1.807, 2.05) is 66.7 Å². The predicted octanol–water partition coefficient (Wildman–Crippen LogP) is 4.84. The zero-order valence-electron chi connectivity index (χ0n) is 16.8. The summed E-state index contributed by atoms with van der Waals surface area (Å²) in [6, 6.07) is 24.0. The van der Waals surface area contributed by atoms with Crippen molar-refractivity contribution in [2.45, 2.75) is 16.8 Å². The van der Waals surface area contributed by atoms with Gasteiger partial charge in [0, 0.05) is 31.1 Å². The molecule has 2 aromatic heterocycles. The SMILES string of the molecule is CN(C)C(=O)[C@@H](Sc1nnc(Cc2cccs2)n1-c1ccccc1)c1ccccc1. The van der Waals surface area contributed by atoms with Crippen molar-refractivity contribution in [1.82, 2.24) is 19.7 Å². The Morgan fingerprint density at radius 2 is 1.70 bits per heavy atom. The third-order valence-corrected chi connectivity index (χ3v) is 6.68. The first kappa shape index (κ1) is 20.4. The zero-order chi connectivity index (χ0) is 20.9. The van der Waals surface area contributed by atoms with Gasteiger partial charge in [-0.05, 0) is 29.1 Å². The van der Waals surface area contributed by atoms with E-state index in [0.717, 1.165) is 17.1 Å². The Morgan fingerprint density at radius 1 is 1.00 bits per heavy atom. The van der Waals surface area contributed by atoms with Crippen LogP contribution in [0.15, 0.2) is 83.3 Å². The second-order valence-corrected chi connectivity index (χ2v) is 9.07. The van der Waals surface area contributed by atoms with Crippen molar-refractivity contribution in [3.8, 4) is 5.69 Å². The van der Waals surface area contributed by atoms with Crippen LogP contribution in [0, 0.1) is 0 Å². The molecule has 2 heterocycles. The molecule has 0 aliphatic rings. The minimum Gasteiger partial charge on any atom is -0.348 e. The molecule has 0 fully saturated rings. The number of hydrogen-bond acceptors (Lipinski definition) is 5. The standard InChI is InChI=1S/C23H22N4OS2/c1-26(2)22(28)21(17-10-5-3-6-11-17)30-23-25-24-20(16-19-14-9-15-29-19)27(23)18-12-7-4-8-13-18/h3-15,21H,16H2,1-2H3/t21-/m0/s1. The third kappa shape index (κ3) is 4.47. The summed E-state index contributed by atoms with van der Waals surface area (Å²) in [6.07, 6.45) is 0.692. The number of para-hydroxylation sites is 1. The molecule has 4 rings (SSSR count). The second-order valence-electron chi connectivity index (χ2n) is 6.97. The van der Waals surface area contributed by atoms with Gasteiger partial charge < -0.3 is 4.90 Å². The number of thiophene rings is 1.